The van der Waals surface area contributed by atoms with Crippen LogP contribution < -0.4 is 4.90 Å². The molecule has 2 aromatic rings. The van der Waals surface area contributed by atoms with Crippen LogP contribution in [0.2, 0.25) is 0 Å². The summed E-state index contributed by atoms with van der Waals surface area (Å²) < 4.78 is 14.5. The Hall–Kier alpha value is -1.42. The summed E-state index contributed by atoms with van der Waals surface area (Å²) in [5.41, 5.74) is 2.74. The molecule has 0 aliphatic heterocycles. The molecule has 2 nitrogen and oxygen atoms in total. The van der Waals surface area contributed by atoms with E-state index in [1.54, 1.807) is 17.4 Å². The first-order valence-electron chi connectivity index (χ1n) is 8.57. The highest BCUT2D eigenvalue weighted by atomic mass is 32.1. The van der Waals surface area contributed by atoms with Gasteiger partial charge in [-0.15, -0.1) is 11.3 Å². The Kier molecular flexibility index (Phi) is 5.00. The minimum absolute atomic E-state index is 0.174. The molecular formula is C19H25FN2S. The molecule has 1 aliphatic rings. The van der Waals surface area contributed by atoms with E-state index in [9.17, 15) is 4.39 Å². The zero-order chi connectivity index (χ0) is 16.4. The smallest absolute Gasteiger partial charge is 0.135 e. The van der Waals surface area contributed by atoms with Crippen LogP contribution in [0.1, 0.15) is 55.5 Å². The number of anilines is 1. The highest BCUT2D eigenvalue weighted by molar-refractivity contribution is 7.15. The van der Waals surface area contributed by atoms with Gasteiger partial charge < -0.3 is 4.90 Å². The van der Waals surface area contributed by atoms with Crippen molar-refractivity contribution >= 4 is 17.0 Å². The summed E-state index contributed by atoms with van der Waals surface area (Å²) in [5, 5.41) is 0.848. The summed E-state index contributed by atoms with van der Waals surface area (Å²) in [6.07, 6.45) is 7.27. The fourth-order valence-corrected chi connectivity index (χ4v) is 4.61. The Bertz CT molecular complexity index is 678. The van der Waals surface area contributed by atoms with Gasteiger partial charge >= 0.3 is 0 Å². The van der Waals surface area contributed by atoms with E-state index in [4.69, 9.17) is 4.98 Å². The lowest BCUT2D eigenvalue weighted by Crippen LogP contribution is -2.08. The molecule has 1 unspecified atom stereocenters. The Balaban J connectivity index is 1.92. The van der Waals surface area contributed by atoms with Crippen LogP contribution in [0.15, 0.2) is 18.2 Å². The van der Waals surface area contributed by atoms with Crippen LogP contribution >= 0.6 is 11.3 Å². The van der Waals surface area contributed by atoms with Gasteiger partial charge in [0.25, 0.3) is 0 Å². The van der Waals surface area contributed by atoms with Crippen molar-refractivity contribution in [3.05, 3.63) is 34.6 Å². The molecule has 0 spiro atoms. The molecule has 1 aliphatic carbocycles. The average Bonchev–Trinajstić information content (AvgIpc) is 2.96. The number of hydrogen-bond donors (Lipinski definition) is 0. The van der Waals surface area contributed by atoms with Gasteiger partial charge in [0.05, 0.1) is 5.69 Å². The van der Waals surface area contributed by atoms with Crippen LogP contribution in [-0.4, -0.2) is 19.1 Å². The largest absolute Gasteiger partial charge is 0.378 e. The third kappa shape index (κ3) is 3.42. The third-order valence-electron chi connectivity index (χ3n) is 4.67. The molecule has 0 amide bonds. The second kappa shape index (κ2) is 7.00. The summed E-state index contributed by atoms with van der Waals surface area (Å²) >= 11 is 1.71. The number of thiazole rings is 1. The van der Waals surface area contributed by atoms with E-state index in [1.807, 2.05) is 31.1 Å². The van der Waals surface area contributed by atoms with Crippen LogP contribution in [0.5, 0.6) is 0 Å². The standard InChI is InChI=1S/C19H25FN2S/c1-4-5-7-13-8-6-9-17-18(13)23-19(21-17)15-11-10-14(22(2)3)12-16(15)20/h10-13H,4-9H2,1-3H3. The van der Waals surface area contributed by atoms with Gasteiger partial charge in [-0.1, -0.05) is 19.8 Å². The monoisotopic (exact) mass is 332 g/mol. The quantitative estimate of drug-likeness (QED) is 0.706. The lowest BCUT2D eigenvalue weighted by atomic mass is 9.88. The minimum Gasteiger partial charge on any atom is -0.378 e. The number of unbranched alkanes of at least 4 members (excludes halogenated alkanes) is 1. The summed E-state index contributed by atoms with van der Waals surface area (Å²) in [6.45, 7) is 2.24. The Morgan fingerprint density at radius 2 is 2.17 bits per heavy atom. The van der Waals surface area contributed by atoms with Crippen molar-refractivity contribution in [2.24, 2.45) is 0 Å². The van der Waals surface area contributed by atoms with Crippen LogP contribution in [0.25, 0.3) is 10.6 Å². The fourth-order valence-electron chi connectivity index (χ4n) is 3.31. The Morgan fingerprint density at radius 3 is 2.87 bits per heavy atom. The molecular weight excluding hydrogens is 307 g/mol. The zero-order valence-electron chi connectivity index (χ0n) is 14.2. The van der Waals surface area contributed by atoms with Gasteiger partial charge in [0.15, 0.2) is 0 Å². The highest BCUT2D eigenvalue weighted by Gasteiger charge is 2.25. The number of hydrogen-bond acceptors (Lipinski definition) is 3. The van der Waals surface area contributed by atoms with Crippen molar-refractivity contribution in [3.8, 4) is 10.6 Å². The molecule has 0 N–H and O–H groups in total. The van der Waals surface area contributed by atoms with E-state index in [-0.39, 0.29) is 5.82 Å². The number of benzene rings is 1. The molecule has 3 rings (SSSR count). The molecule has 0 saturated carbocycles. The third-order valence-corrected chi connectivity index (χ3v) is 5.96. The van der Waals surface area contributed by atoms with Crippen molar-refractivity contribution < 1.29 is 4.39 Å². The van der Waals surface area contributed by atoms with Crippen LogP contribution in [-0.2, 0) is 6.42 Å². The van der Waals surface area contributed by atoms with Crippen molar-refractivity contribution in [3.63, 3.8) is 0 Å². The van der Waals surface area contributed by atoms with Crippen molar-refractivity contribution in [1.82, 2.24) is 4.98 Å². The van der Waals surface area contributed by atoms with Gasteiger partial charge in [0.2, 0.25) is 0 Å². The highest BCUT2D eigenvalue weighted by Crippen LogP contribution is 2.42. The van der Waals surface area contributed by atoms with E-state index in [0.29, 0.717) is 11.5 Å². The number of nitrogens with zero attached hydrogens (tertiary/aromatic N) is 2. The second-order valence-electron chi connectivity index (χ2n) is 6.62. The second-order valence-corrected chi connectivity index (χ2v) is 7.65. The first-order valence-corrected chi connectivity index (χ1v) is 9.38. The van der Waals surface area contributed by atoms with Crippen LogP contribution in [0, 0.1) is 5.82 Å². The summed E-state index contributed by atoms with van der Waals surface area (Å²) in [6, 6.07) is 5.44. The van der Waals surface area contributed by atoms with E-state index in [1.165, 1.54) is 42.7 Å². The van der Waals surface area contributed by atoms with Crippen LogP contribution in [0.4, 0.5) is 10.1 Å². The van der Waals surface area contributed by atoms with E-state index < -0.39 is 0 Å². The summed E-state index contributed by atoms with van der Waals surface area (Å²) in [4.78, 5) is 8.11. The maximum absolute atomic E-state index is 14.5. The van der Waals surface area contributed by atoms with E-state index >= 15 is 0 Å². The van der Waals surface area contributed by atoms with Gasteiger partial charge in [-0.25, -0.2) is 9.37 Å². The van der Waals surface area contributed by atoms with E-state index in [2.05, 4.69) is 6.92 Å². The summed E-state index contributed by atoms with van der Waals surface area (Å²) in [5.74, 6) is 0.460. The minimum atomic E-state index is -0.174. The molecule has 0 bridgehead atoms. The molecule has 1 heterocycles. The lowest BCUT2D eigenvalue weighted by molar-refractivity contribution is 0.505. The first-order chi connectivity index (χ1) is 11.1. The van der Waals surface area contributed by atoms with Gasteiger partial charge in [-0.3, -0.25) is 0 Å². The predicted molar refractivity (Wildman–Crippen MR) is 97.0 cm³/mol. The van der Waals surface area contributed by atoms with Crippen molar-refractivity contribution in [2.75, 3.05) is 19.0 Å². The normalized spacial score (nSPS) is 17.1. The summed E-state index contributed by atoms with van der Waals surface area (Å²) in [7, 11) is 3.85. The van der Waals surface area contributed by atoms with Gasteiger partial charge in [-0.05, 0) is 49.8 Å². The van der Waals surface area contributed by atoms with Crippen molar-refractivity contribution in [1.29, 1.82) is 0 Å². The molecule has 4 heteroatoms. The first kappa shape index (κ1) is 16.4. The SMILES string of the molecule is CCCCC1CCCc2nc(-c3ccc(N(C)C)cc3F)sc21. The fraction of sp³-hybridized carbons (Fsp3) is 0.526. The molecule has 1 aromatic carbocycles. The predicted octanol–water partition coefficient (Wildman–Crippen LogP) is 5.63. The maximum Gasteiger partial charge on any atom is 0.135 e. The van der Waals surface area contributed by atoms with Gasteiger partial charge in [0, 0.05) is 30.2 Å². The maximum atomic E-state index is 14.5. The number of fused-ring (bicyclic) bond motifs is 1. The van der Waals surface area contributed by atoms with Crippen LogP contribution in [0.3, 0.4) is 0 Å². The topological polar surface area (TPSA) is 16.1 Å². The number of rotatable bonds is 5. The molecule has 0 radical (unpaired) electrons. The number of halogens is 1. The van der Waals surface area contributed by atoms with Gasteiger partial charge in [0.1, 0.15) is 10.8 Å². The Labute approximate surface area is 142 Å². The molecule has 0 saturated heterocycles. The average molecular weight is 332 g/mol. The Morgan fingerprint density at radius 1 is 1.35 bits per heavy atom. The molecule has 124 valence electrons. The van der Waals surface area contributed by atoms with Crippen molar-refractivity contribution in [2.45, 2.75) is 51.4 Å². The zero-order valence-corrected chi connectivity index (χ0v) is 15.0. The lowest BCUT2D eigenvalue weighted by Gasteiger charge is -2.20. The number of aromatic nitrogens is 1. The number of aryl methyl sites for hydroxylation is 1. The molecule has 1 atom stereocenters. The molecule has 0 fully saturated rings. The molecule has 23 heavy (non-hydrogen) atoms. The van der Waals surface area contributed by atoms with E-state index in [0.717, 1.165) is 17.1 Å². The molecule has 1 aromatic heterocycles. The van der Waals surface area contributed by atoms with Gasteiger partial charge in [-0.2, -0.15) is 0 Å².